The largest absolute Gasteiger partial charge is 0.310 e. The van der Waals surface area contributed by atoms with Crippen LogP contribution in [0.5, 0.6) is 0 Å². The summed E-state index contributed by atoms with van der Waals surface area (Å²) in [6.07, 6.45) is 0. The van der Waals surface area contributed by atoms with Crippen molar-refractivity contribution in [1.29, 1.82) is 0 Å². The molecular weight excluding hydrogens is 627 g/mol. The Morgan fingerprint density at radius 3 is 1.79 bits per heavy atom. The molecule has 0 N–H and O–H groups in total. The number of hydrogen-bond acceptors (Lipinski definition) is 1. The first-order valence-corrected chi connectivity index (χ1v) is 18.2. The molecule has 52 heavy (non-hydrogen) atoms. The van der Waals surface area contributed by atoms with Gasteiger partial charge < -0.3 is 4.90 Å². The van der Waals surface area contributed by atoms with Gasteiger partial charge in [-0.15, -0.1) is 0 Å². The first-order chi connectivity index (χ1) is 25.5. The van der Waals surface area contributed by atoms with E-state index < -0.39 is 0 Å². The summed E-state index contributed by atoms with van der Waals surface area (Å²) in [5, 5.41) is 7.63. The van der Waals surface area contributed by atoms with Gasteiger partial charge in [0.15, 0.2) is 0 Å². The molecule has 0 aliphatic heterocycles. The molecule has 0 heterocycles. The van der Waals surface area contributed by atoms with Crippen molar-refractivity contribution in [2.24, 2.45) is 0 Å². The highest BCUT2D eigenvalue weighted by Crippen LogP contribution is 2.51. The summed E-state index contributed by atoms with van der Waals surface area (Å²) in [5.74, 6) is 0. The van der Waals surface area contributed by atoms with Gasteiger partial charge in [-0.2, -0.15) is 0 Å². The second-order valence-electron chi connectivity index (χ2n) is 14.6. The fourth-order valence-electron chi connectivity index (χ4n) is 8.56. The van der Waals surface area contributed by atoms with Crippen LogP contribution in [0.2, 0.25) is 0 Å². The molecule has 0 fully saturated rings. The molecule has 0 spiro atoms. The molecule has 1 aliphatic rings. The van der Waals surface area contributed by atoms with E-state index in [1.165, 1.54) is 76.8 Å². The predicted molar refractivity (Wildman–Crippen MR) is 222 cm³/mol. The van der Waals surface area contributed by atoms with Crippen LogP contribution in [-0.4, -0.2) is 0 Å². The van der Waals surface area contributed by atoms with Gasteiger partial charge in [-0.1, -0.05) is 159 Å². The van der Waals surface area contributed by atoms with Crippen LogP contribution in [0.25, 0.3) is 65.7 Å². The van der Waals surface area contributed by atoms with E-state index >= 15 is 0 Å². The zero-order valence-electron chi connectivity index (χ0n) is 29.3. The SMILES string of the molecule is CC1(C)c2ccccc2-c2ccc(N(c3ccc(-c4ccc5c(ccc6ccccc65)c4)cc3)c3cccc(-c4cccc5ccccc45)c3)cc21. The lowest BCUT2D eigenvalue weighted by molar-refractivity contribution is 0.660. The molecule has 1 aliphatic carbocycles. The van der Waals surface area contributed by atoms with Crippen molar-refractivity contribution in [2.45, 2.75) is 19.3 Å². The van der Waals surface area contributed by atoms with Crippen molar-refractivity contribution in [2.75, 3.05) is 4.90 Å². The van der Waals surface area contributed by atoms with E-state index in [-0.39, 0.29) is 5.41 Å². The Bertz CT molecular complexity index is 2820. The minimum atomic E-state index is -0.0936. The molecular formula is C51H37N. The number of fused-ring (bicyclic) bond motifs is 7. The lowest BCUT2D eigenvalue weighted by Gasteiger charge is -2.28. The van der Waals surface area contributed by atoms with Crippen molar-refractivity contribution < 1.29 is 0 Å². The average Bonchev–Trinajstić information content (AvgIpc) is 3.43. The minimum absolute atomic E-state index is 0.0936. The van der Waals surface area contributed by atoms with E-state index in [1.54, 1.807) is 0 Å². The van der Waals surface area contributed by atoms with Gasteiger partial charge in [0.05, 0.1) is 0 Å². The molecule has 0 radical (unpaired) electrons. The molecule has 0 unspecified atom stereocenters. The Labute approximate surface area is 305 Å². The van der Waals surface area contributed by atoms with Crippen LogP contribution in [0.15, 0.2) is 188 Å². The fourth-order valence-corrected chi connectivity index (χ4v) is 8.56. The third-order valence-electron chi connectivity index (χ3n) is 11.2. The molecule has 9 aromatic rings. The maximum atomic E-state index is 2.42. The van der Waals surface area contributed by atoms with Gasteiger partial charge in [-0.25, -0.2) is 0 Å². The summed E-state index contributed by atoms with van der Waals surface area (Å²) in [4.78, 5) is 2.42. The van der Waals surface area contributed by atoms with E-state index in [9.17, 15) is 0 Å². The van der Waals surface area contributed by atoms with Crippen LogP contribution in [0, 0.1) is 0 Å². The number of nitrogens with zero attached hydrogens (tertiary/aromatic N) is 1. The van der Waals surface area contributed by atoms with E-state index in [2.05, 4.69) is 207 Å². The van der Waals surface area contributed by atoms with Crippen LogP contribution in [-0.2, 0) is 5.41 Å². The topological polar surface area (TPSA) is 3.24 Å². The zero-order chi connectivity index (χ0) is 34.8. The summed E-state index contributed by atoms with van der Waals surface area (Å²) >= 11 is 0. The Kier molecular flexibility index (Phi) is 6.91. The third kappa shape index (κ3) is 4.85. The van der Waals surface area contributed by atoms with Gasteiger partial charge in [0.2, 0.25) is 0 Å². The van der Waals surface area contributed by atoms with Gasteiger partial charge in [-0.05, 0) is 119 Å². The van der Waals surface area contributed by atoms with Crippen LogP contribution in [0.1, 0.15) is 25.0 Å². The monoisotopic (exact) mass is 663 g/mol. The van der Waals surface area contributed by atoms with Crippen molar-refractivity contribution in [3.63, 3.8) is 0 Å². The molecule has 1 heteroatoms. The minimum Gasteiger partial charge on any atom is -0.310 e. The van der Waals surface area contributed by atoms with Gasteiger partial charge in [0.1, 0.15) is 0 Å². The van der Waals surface area contributed by atoms with E-state index in [0.29, 0.717) is 0 Å². The number of hydrogen-bond donors (Lipinski definition) is 0. The maximum Gasteiger partial charge on any atom is 0.0467 e. The highest BCUT2D eigenvalue weighted by atomic mass is 15.1. The fraction of sp³-hybridized carbons (Fsp3) is 0.0588. The summed E-state index contributed by atoms with van der Waals surface area (Å²) in [6.45, 7) is 4.71. The van der Waals surface area contributed by atoms with Gasteiger partial charge >= 0.3 is 0 Å². The van der Waals surface area contributed by atoms with Crippen molar-refractivity contribution in [1.82, 2.24) is 0 Å². The molecule has 0 saturated carbocycles. The molecule has 10 rings (SSSR count). The zero-order valence-corrected chi connectivity index (χ0v) is 29.3. The normalized spacial score (nSPS) is 13.0. The second kappa shape index (κ2) is 11.8. The molecule has 0 atom stereocenters. The molecule has 0 aromatic heterocycles. The van der Waals surface area contributed by atoms with Crippen molar-refractivity contribution >= 4 is 49.4 Å². The van der Waals surface area contributed by atoms with E-state index in [0.717, 1.165) is 17.1 Å². The maximum absolute atomic E-state index is 2.42. The van der Waals surface area contributed by atoms with Crippen molar-refractivity contribution in [3.8, 4) is 33.4 Å². The standard InChI is InChI=1S/C51H37N/c1-51(2)49-20-8-7-18-47(49)48-30-28-42(33-50(48)51)52(41-15-9-14-38(32-41)45-19-10-13-35-11-3-5-16-43(35)45)40-26-23-34(24-27-40)37-25-29-46-39(31-37)22-21-36-12-4-6-17-44(36)46/h3-33H,1-2H3. The first-order valence-electron chi connectivity index (χ1n) is 18.2. The quantitative estimate of drug-likeness (QED) is 0.166. The lowest BCUT2D eigenvalue weighted by atomic mass is 9.82. The van der Waals surface area contributed by atoms with Gasteiger partial charge in [0.25, 0.3) is 0 Å². The summed E-state index contributed by atoms with van der Waals surface area (Å²) in [6, 6.07) is 69.2. The van der Waals surface area contributed by atoms with Crippen LogP contribution in [0.4, 0.5) is 17.1 Å². The van der Waals surface area contributed by atoms with Crippen molar-refractivity contribution in [3.05, 3.63) is 199 Å². The molecule has 0 bridgehead atoms. The Balaban J connectivity index is 1.10. The van der Waals surface area contributed by atoms with Crippen LogP contribution >= 0.6 is 0 Å². The van der Waals surface area contributed by atoms with Crippen LogP contribution < -0.4 is 4.90 Å². The summed E-state index contributed by atoms with van der Waals surface area (Å²) in [5.41, 5.74) is 13.6. The highest BCUT2D eigenvalue weighted by Gasteiger charge is 2.35. The number of benzene rings is 9. The number of rotatable bonds is 5. The molecule has 9 aromatic carbocycles. The number of anilines is 3. The smallest absolute Gasteiger partial charge is 0.0467 e. The Morgan fingerprint density at radius 2 is 0.923 bits per heavy atom. The molecule has 0 amide bonds. The second-order valence-corrected chi connectivity index (χ2v) is 14.6. The predicted octanol–water partition coefficient (Wildman–Crippen LogP) is 14.3. The Hall–Kier alpha value is -6.44. The molecule has 0 saturated heterocycles. The Morgan fingerprint density at radius 1 is 0.327 bits per heavy atom. The third-order valence-corrected chi connectivity index (χ3v) is 11.2. The summed E-state index contributed by atoms with van der Waals surface area (Å²) < 4.78 is 0. The first kappa shape index (κ1) is 30.4. The van der Waals surface area contributed by atoms with E-state index in [4.69, 9.17) is 0 Å². The lowest BCUT2D eigenvalue weighted by Crippen LogP contribution is -2.16. The molecule has 246 valence electrons. The average molecular weight is 664 g/mol. The highest BCUT2D eigenvalue weighted by molar-refractivity contribution is 6.08. The van der Waals surface area contributed by atoms with E-state index in [1.807, 2.05) is 0 Å². The summed E-state index contributed by atoms with van der Waals surface area (Å²) in [7, 11) is 0. The van der Waals surface area contributed by atoms with Gasteiger partial charge in [0, 0.05) is 22.5 Å². The molecule has 1 nitrogen and oxygen atoms in total. The van der Waals surface area contributed by atoms with Crippen LogP contribution in [0.3, 0.4) is 0 Å². The van der Waals surface area contributed by atoms with Gasteiger partial charge in [-0.3, -0.25) is 0 Å².